The van der Waals surface area contributed by atoms with Crippen LogP contribution in [-0.4, -0.2) is 58.3 Å². The third-order valence-electron chi connectivity index (χ3n) is 5.82. The van der Waals surface area contributed by atoms with Crippen LogP contribution in [0.3, 0.4) is 0 Å². The predicted molar refractivity (Wildman–Crippen MR) is 120 cm³/mol. The number of carbonyl (C=O) groups is 3. The highest BCUT2D eigenvalue weighted by atomic mass is 32.1. The molecular weight excluding hydrogens is 434 g/mol. The molecule has 31 heavy (non-hydrogen) atoms. The normalized spacial score (nSPS) is 20.3. The number of hydrogen-bond donors (Lipinski definition) is 2. The molecule has 2 aliphatic rings. The molecule has 1 unspecified atom stereocenters. The average molecular weight is 462 g/mol. The van der Waals surface area contributed by atoms with Gasteiger partial charge in [-0.2, -0.15) is 0 Å². The van der Waals surface area contributed by atoms with Crippen LogP contribution in [0.25, 0.3) is 0 Å². The van der Waals surface area contributed by atoms with Gasteiger partial charge >= 0.3 is 0 Å². The average Bonchev–Trinajstić information content (AvgIpc) is 3.33. The Bertz CT molecular complexity index is 978. The number of rotatable bonds is 4. The zero-order valence-electron chi connectivity index (χ0n) is 17.8. The first kappa shape index (κ1) is 21.9. The summed E-state index contributed by atoms with van der Waals surface area (Å²) >= 11 is 2.93. The van der Waals surface area contributed by atoms with E-state index in [1.54, 1.807) is 5.38 Å². The second-order valence-electron chi connectivity index (χ2n) is 8.10. The van der Waals surface area contributed by atoms with Gasteiger partial charge in [0.15, 0.2) is 0 Å². The molecule has 2 fully saturated rings. The van der Waals surface area contributed by atoms with E-state index in [2.05, 4.69) is 20.6 Å². The zero-order chi connectivity index (χ0) is 22.0. The lowest BCUT2D eigenvalue weighted by molar-refractivity contribution is -0.122. The molecule has 2 saturated heterocycles. The lowest BCUT2D eigenvalue weighted by atomic mass is 9.97. The van der Waals surface area contributed by atoms with Crippen LogP contribution in [-0.2, 0) is 4.79 Å². The lowest BCUT2D eigenvalue weighted by Crippen LogP contribution is -2.45. The van der Waals surface area contributed by atoms with Crippen LogP contribution >= 0.6 is 22.7 Å². The summed E-state index contributed by atoms with van der Waals surface area (Å²) in [6.07, 6.45) is 4.14. The minimum atomic E-state index is -0.492. The summed E-state index contributed by atoms with van der Waals surface area (Å²) in [5, 5.41) is 9.25. The zero-order valence-corrected chi connectivity index (χ0v) is 19.4. The summed E-state index contributed by atoms with van der Waals surface area (Å²) in [5.74, 6) is -0.124. The van der Waals surface area contributed by atoms with E-state index in [0.717, 1.165) is 46.3 Å². The van der Waals surface area contributed by atoms with Crippen LogP contribution in [0.15, 0.2) is 5.38 Å². The molecule has 0 spiro atoms. The molecule has 1 atom stereocenters. The Morgan fingerprint density at radius 2 is 1.94 bits per heavy atom. The fraction of sp³-hybridized carbons (Fsp3) is 0.571. The molecule has 2 aliphatic heterocycles. The first-order chi connectivity index (χ1) is 14.9. The number of thiazole rings is 2. The van der Waals surface area contributed by atoms with Crippen molar-refractivity contribution in [3.05, 3.63) is 31.7 Å². The maximum Gasteiger partial charge on any atom is 0.271 e. The second kappa shape index (κ2) is 9.44. The molecule has 166 valence electrons. The standard InChI is InChI=1S/C21H27N5O3S2/c1-12-17(31-13(2)23-12)21(29)26-9-6-14(7-10-26)20-25-16(11-30-20)19(28)24-15-5-3-4-8-22-18(15)27/h11,14-15H,3-10H2,1-2H3,(H,22,27)(H,24,28). The Balaban J connectivity index is 1.33. The van der Waals surface area contributed by atoms with Crippen LogP contribution in [0.2, 0.25) is 0 Å². The fourth-order valence-electron chi connectivity index (χ4n) is 4.09. The Kier molecular flexibility index (Phi) is 6.66. The number of hydrogen-bond acceptors (Lipinski definition) is 7. The number of amides is 3. The van der Waals surface area contributed by atoms with Crippen molar-refractivity contribution >= 4 is 40.4 Å². The number of aryl methyl sites for hydroxylation is 2. The van der Waals surface area contributed by atoms with Crippen molar-refractivity contribution in [1.29, 1.82) is 0 Å². The Morgan fingerprint density at radius 1 is 1.16 bits per heavy atom. The molecule has 8 nitrogen and oxygen atoms in total. The molecule has 0 saturated carbocycles. The van der Waals surface area contributed by atoms with Crippen LogP contribution in [0.4, 0.5) is 0 Å². The largest absolute Gasteiger partial charge is 0.354 e. The molecule has 4 heterocycles. The van der Waals surface area contributed by atoms with Gasteiger partial charge in [-0.3, -0.25) is 14.4 Å². The van der Waals surface area contributed by atoms with Gasteiger partial charge in [-0.1, -0.05) is 0 Å². The topological polar surface area (TPSA) is 104 Å². The van der Waals surface area contributed by atoms with Gasteiger partial charge < -0.3 is 15.5 Å². The molecule has 2 aromatic rings. The monoisotopic (exact) mass is 461 g/mol. The van der Waals surface area contributed by atoms with Crippen molar-refractivity contribution in [2.45, 2.75) is 57.9 Å². The summed E-state index contributed by atoms with van der Waals surface area (Å²) in [7, 11) is 0. The van der Waals surface area contributed by atoms with E-state index in [-0.39, 0.29) is 23.6 Å². The molecular formula is C21H27N5O3S2. The molecule has 10 heteroatoms. The smallest absolute Gasteiger partial charge is 0.271 e. The van der Waals surface area contributed by atoms with E-state index in [1.807, 2.05) is 18.7 Å². The van der Waals surface area contributed by atoms with Gasteiger partial charge in [-0.15, -0.1) is 22.7 Å². The molecule has 0 radical (unpaired) electrons. The van der Waals surface area contributed by atoms with E-state index < -0.39 is 6.04 Å². The molecule has 2 N–H and O–H groups in total. The molecule has 4 rings (SSSR count). The van der Waals surface area contributed by atoms with Crippen molar-refractivity contribution in [1.82, 2.24) is 25.5 Å². The highest BCUT2D eigenvalue weighted by Crippen LogP contribution is 2.31. The van der Waals surface area contributed by atoms with Gasteiger partial charge in [0.05, 0.1) is 15.7 Å². The summed E-state index contributed by atoms with van der Waals surface area (Å²) in [4.78, 5) is 49.0. The van der Waals surface area contributed by atoms with Crippen molar-refractivity contribution in [2.75, 3.05) is 19.6 Å². The molecule has 0 bridgehead atoms. The third kappa shape index (κ3) is 4.95. The maximum absolute atomic E-state index is 12.8. The number of nitrogens with one attached hydrogen (secondary N) is 2. The number of likely N-dealkylation sites (tertiary alicyclic amines) is 1. The predicted octanol–water partition coefficient (Wildman–Crippen LogP) is 2.63. The lowest BCUT2D eigenvalue weighted by Gasteiger charge is -2.30. The van der Waals surface area contributed by atoms with Gasteiger partial charge in [0.25, 0.3) is 11.8 Å². The van der Waals surface area contributed by atoms with Crippen molar-refractivity contribution in [2.24, 2.45) is 0 Å². The quantitative estimate of drug-likeness (QED) is 0.728. The fourth-order valence-corrected chi connectivity index (χ4v) is 5.95. The van der Waals surface area contributed by atoms with E-state index in [9.17, 15) is 14.4 Å². The van der Waals surface area contributed by atoms with Crippen LogP contribution in [0, 0.1) is 13.8 Å². The van der Waals surface area contributed by atoms with E-state index in [4.69, 9.17) is 0 Å². The van der Waals surface area contributed by atoms with Gasteiger partial charge in [0, 0.05) is 30.9 Å². The van der Waals surface area contributed by atoms with Gasteiger partial charge in [0.1, 0.15) is 16.6 Å². The van der Waals surface area contributed by atoms with Crippen molar-refractivity contribution in [3.8, 4) is 0 Å². The first-order valence-corrected chi connectivity index (χ1v) is 12.4. The summed E-state index contributed by atoms with van der Waals surface area (Å²) in [5.41, 5.74) is 1.17. The van der Waals surface area contributed by atoms with Gasteiger partial charge in [-0.05, 0) is 46.0 Å². The number of piperidine rings is 1. The van der Waals surface area contributed by atoms with Crippen LogP contribution in [0.1, 0.15) is 73.9 Å². The SMILES string of the molecule is Cc1nc(C)c(C(=O)N2CCC(c3nc(C(=O)NC4CCCCNC4=O)cs3)CC2)s1. The van der Waals surface area contributed by atoms with Gasteiger partial charge in [0.2, 0.25) is 5.91 Å². The highest BCUT2D eigenvalue weighted by Gasteiger charge is 2.29. The van der Waals surface area contributed by atoms with Crippen molar-refractivity contribution in [3.63, 3.8) is 0 Å². The molecule has 3 amide bonds. The maximum atomic E-state index is 12.8. The minimum absolute atomic E-state index is 0.0578. The number of carbonyl (C=O) groups excluding carboxylic acids is 3. The molecule has 0 aliphatic carbocycles. The molecule has 0 aromatic carbocycles. The number of nitrogens with zero attached hydrogens (tertiary/aromatic N) is 3. The first-order valence-electron chi connectivity index (χ1n) is 10.7. The second-order valence-corrected chi connectivity index (χ2v) is 10.2. The Labute approximate surface area is 189 Å². The minimum Gasteiger partial charge on any atom is -0.354 e. The molecule has 2 aromatic heterocycles. The Hall–Kier alpha value is -2.33. The number of aromatic nitrogens is 2. The Morgan fingerprint density at radius 3 is 2.65 bits per heavy atom. The summed E-state index contributed by atoms with van der Waals surface area (Å²) in [6, 6.07) is -0.492. The van der Waals surface area contributed by atoms with Gasteiger partial charge in [-0.25, -0.2) is 9.97 Å². The van der Waals surface area contributed by atoms with E-state index >= 15 is 0 Å². The van der Waals surface area contributed by atoms with E-state index in [1.165, 1.54) is 22.7 Å². The van der Waals surface area contributed by atoms with Crippen molar-refractivity contribution < 1.29 is 14.4 Å². The highest BCUT2D eigenvalue weighted by molar-refractivity contribution is 7.13. The summed E-state index contributed by atoms with van der Waals surface area (Å²) in [6.45, 7) is 5.80. The van der Waals surface area contributed by atoms with E-state index in [0.29, 0.717) is 31.7 Å². The summed E-state index contributed by atoms with van der Waals surface area (Å²) < 4.78 is 0. The van der Waals surface area contributed by atoms with Crippen LogP contribution in [0.5, 0.6) is 0 Å². The van der Waals surface area contributed by atoms with Crippen LogP contribution < -0.4 is 10.6 Å². The third-order valence-corrected chi connectivity index (χ3v) is 7.89.